The number of imidazole rings is 1. The molecule has 0 spiro atoms. The first-order valence-electron chi connectivity index (χ1n) is 7.73. The molecule has 2 aromatic rings. The molecule has 0 radical (unpaired) electrons. The van der Waals surface area contributed by atoms with Crippen LogP contribution in [0, 0.1) is 0 Å². The van der Waals surface area contributed by atoms with Crippen LogP contribution < -0.4 is 0 Å². The molecule has 0 fully saturated rings. The van der Waals surface area contributed by atoms with E-state index in [1.165, 1.54) is 12.8 Å². The lowest BCUT2D eigenvalue weighted by molar-refractivity contribution is 0.0412. The third kappa shape index (κ3) is 5.31. The summed E-state index contributed by atoms with van der Waals surface area (Å²) in [5.74, 6) is 0. The second kappa shape index (κ2) is 9.19. The SMILES string of the molecule is CCCCCOC(CCn1ccnc1)c1ccc(Cl)cc1Cl. The highest BCUT2D eigenvalue weighted by atomic mass is 35.5. The van der Waals surface area contributed by atoms with E-state index < -0.39 is 0 Å². The Hall–Kier alpha value is -1.03. The van der Waals surface area contributed by atoms with Crippen LogP contribution in [0.1, 0.15) is 44.3 Å². The number of unbranched alkanes of at least 4 members (excludes halogenated alkanes) is 2. The molecule has 5 heteroatoms. The molecule has 1 atom stereocenters. The lowest BCUT2D eigenvalue weighted by atomic mass is 10.1. The van der Waals surface area contributed by atoms with Gasteiger partial charge in [0.2, 0.25) is 0 Å². The van der Waals surface area contributed by atoms with E-state index in [1.807, 2.05) is 29.2 Å². The maximum atomic E-state index is 6.34. The molecule has 1 aromatic heterocycles. The zero-order valence-electron chi connectivity index (χ0n) is 12.8. The normalized spacial score (nSPS) is 12.5. The minimum absolute atomic E-state index is 0.0241. The van der Waals surface area contributed by atoms with Crippen molar-refractivity contribution in [2.75, 3.05) is 6.61 Å². The fourth-order valence-corrected chi connectivity index (χ4v) is 2.88. The van der Waals surface area contributed by atoms with E-state index in [2.05, 4.69) is 11.9 Å². The van der Waals surface area contributed by atoms with Crippen molar-refractivity contribution in [1.29, 1.82) is 0 Å². The molecule has 0 aliphatic rings. The molecular formula is C17H22Cl2N2O. The smallest absolute Gasteiger partial charge is 0.0945 e. The van der Waals surface area contributed by atoms with Gasteiger partial charge in [0, 0.05) is 35.6 Å². The maximum Gasteiger partial charge on any atom is 0.0945 e. The summed E-state index contributed by atoms with van der Waals surface area (Å²) in [4.78, 5) is 4.07. The van der Waals surface area contributed by atoms with Gasteiger partial charge in [0.05, 0.1) is 12.4 Å². The number of rotatable bonds is 9. The number of nitrogens with zero attached hydrogens (tertiary/aromatic N) is 2. The standard InChI is InChI=1S/C17H22Cl2N2O/c1-2-3-4-11-22-17(7-9-21-10-8-20-13-21)15-6-5-14(18)12-16(15)19/h5-6,8,10,12-13,17H,2-4,7,9,11H2,1H3. The summed E-state index contributed by atoms with van der Waals surface area (Å²) in [6, 6.07) is 5.60. The highest BCUT2D eigenvalue weighted by molar-refractivity contribution is 6.35. The predicted molar refractivity (Wildman–Crippen MR) is 91.5 cm³/mol. The number of ether oxygens (including phenoxy) is 1. The second-order valence-electron chi connectivity index (χ2n) is 5.32. The lowest BCUT2D eigenvalue weighted by Crippen LogP contribution is -2.10. The number of aromatic nitrogens is 2. The zero-order chi connectivity index (χ0) is 15.8. The van der Waals surface area contributed by atoms with Gasteiger partial charge >= 0.3 is 0 Å². The molecule has 1 unspecified atom stereocenters. The van der Waals surface area contributed by atoms with Crippen LogP contribution in [0.4, 0.5) is 0 Å². The molecule has 0 aliphatic heterocycles. The van der Waals surface area contributed by atoms with Crippen molar-refractivity contribution in [2.45, 2.75) is 45.3 Å². The first-order valence-corrected chi connectivity index (χ1v) is 8.48. The third-order valence-corrected chi connectivity index (χ3v) is 4.15. The van der Waals surface area contributed by atoms with E-state index in [0.29, 0.717) is 10.0 Å². The van der Waals surface area contributed by atoms with Gasteiger partial charge in [-0.05, 0) is 30.5 Å². The summed E-state index contributed by atoms with van der Waals surface area (Å²) in [5, 5.41) is 1.31. The molecule has 0 aliphatic carbocycles. The average molecular weight is 341 g/mol. The predicted octanol–water partition coefficient (Wildman–Crippen LogP) is 5.53. The fourth-order valence-electron chi connectivity index (χ4n) is 2.35. The zero-order valence-corrected chi connectivity index (χ0v) is 14.4. The van der Waals surface area contributed by atoms with Gasteiger partial charge in [0.1, 0.15) is 0 Å². The van der Waals surface area contributed by atoms with Crippen LogP contribution in [0.3, 0.4) is 0 Å². The summed E-state index contributed by atoms with van der Waals surface area (Å²) in [7, 11) is 0. The fraction of sp³-hybridized carbons (Fsp3) is 0.471. The van der Waals surface area contributed by atoms with Crippen molar-refractivity contribution in [1.82, 2.24) is 9.55 Å². The summed E-state index contributed by atoms with van der Waals surface area (Å²) >= 11 is 12.3. The van der Waals surface area contributed by atoms with Crippen molar-refractivity contribution in [3.63, 3.8) is 0 Å². The highest BCUT2D eigenvalue weighted by Gasteiger charge is 2.16. The molecule has 120 valence electrons. The van der Waals surface area contributed by atoms with E-state index in [9.17, 15) is 0 Å². The Labute approximate surface area is 142 Å². The molecule has 0 N–H and O–H groups in total. The van der Waals surface area contributed by atoms with E-state index >= 15 is 0 Å². The largest absolute Gasteiger partial charge is 0.373 e. The van der Waals surface area contributed by atoms with E-state index in [1.54, 1.807) is 12.3 Å². The molecule has 1 aromatic carbocycles. The molecular weight excluding hydrogens is 319 g/mol. The Bertz CT molecular complexity index is 558. The van der Waals surface area contributed by atoms with Crippen molar-refractivity contribution in [3.8, 4) is 0 Å². The van der Waals surface area contributed by atoms with Gasteiger partial charge < -0.3 is 9.30 Å². The molecule has 2 rings (SSSR count). The van der Waals surface area contributed by atoms with Crippen LogP contribution in [0.5, 0.6) is 0 Å². The minimum atomic E-state index is -0.0241. The Kier molecular flexibility index (Phi) is 7.23. The van der Waals surface area contributed by atoms with E-state index in [0.717, 1.165) is 31.6 Å². The lowest BCUT2D eigenvalue weighted by Gasteiger charge is -2.20. The molecule has 3 nitrogen and oxygen atoms in total. The Morgan fingerprint density at radius 3 is 2.82 bits per heavy atom. The van der Waals surface area contributed by atoms with Crippen LogP contribution in [-0.4, -0.2) is 16.2 Å². The Balaban J connectivity index is 2.02. The first kappa shape index (κ1) is 17.3. The van der Waals surface area contributed by atoms with Crippen LogP contribution >= 0.6 is 23.2 Å². The number of halogens is 2. The summed E-state index contributed by atoms with van der Waals surface area (Å²) in [6.07, 6.45) is 9.83. The van der Waals surface area contributed by atoms with E-state index in [-0.39, 0.29) is 6.10 Å². The minimum Gasteiger partial charge on any atom is -0.373 e. The summed E-state index contributed by atoms with van der Waals surface area (Å²) in [5.41, 5.74) is 1.00. The van der Waals surface area contributed by atoms with Crippen LogP contribution in [0.15, 0.2) is 36.9 Å². The topological polar surface area (TPSA) is 27.1 Å². The van der Waals surface area contributed by atoms with Gasteiger partial charge in [-0.2, -0.15) is 0 Å². The van der Waals surface area contributed by atoms with Crippen molar-refractivity contribution < 1.29 is 4.74 Å². The number of hydrogen-bond acceptors (Lipinski definition) is 2. The summed E-state index contributed by atoms with van der Waals surface area (Å²) in [6.45, 7) is 3.78. The van der Waals surface area contributed by atoms with Gasteiger partial charge in [-0.3, -0.25) is 0 Å². The highest BCUT2D eigenvalue weighted by Crippen LogP contribution is 2.31. The number of hydrogen-bond donors (Lipinski definition) is 0. The van der Waals surface area contributed by atoms with Crippen LogP contribution in [-0.2, 0) is 11.3 Å². The van der Waals surface area contributed by atoms with Gasteiger partial charge in [-0.25, -0.2) is 4.98 Å². The molecule has 0 amide bonds. The van der Waals surface area contributed by atoms with Gasteiger partial charge in [0.15, 0.2) is 0 Å². The van der Waals surface area contributed by atoms with Crippen LogP contribution in [0.25, 0.3) is 0 Å². The number of aryl methyl sites for hydroxylation is 1. The maximum absolute atomic E-state index is 6.34. The van der Waals surface area contributed by atoms with Crippen molar-refractivity contribution >= 4 is 23.2 Å². The van der Waals surface area contributed by atoms with Gasteiger partial charge in [-0.1, -0.05) is 49.0 Å². The number of benzene rings is 1. The average Bonchev–Trinajstić information content (AvgIpc) is 3.01. The first-order chi connectivity index (χ1) is 10.7. The molecule has 22 heavy (non-hydrogen) atoms. The summed E-state index contributed by atoms with van der Waals surface area (Å²) < 4.78 is 8.14. The van der Waals surface area contributed by atoms with Gasteiger partial charge in [0.25, 0.3) is 0 Å². The van der Waals surface area contributed by atoms with E-state index in [4.69, 9.17) is 27.9 Å². The monoisotopic (exact) mass is 340 g/mol. The second-order valence-corrected chi connectivity index (χ2v) is 6.17. The molecule has 0 bridgehead atoms. The van der Waals surface area contributed by atoms with Gasteiger partial charge in [-0.15, -0.1) is 0 Å². The van der Waals surface area contributed by atoms with Crippen LogP contribution in [0.2, 0.25) is 10.0 Å². The Morgan fingerprint density at radius 2 is 2.14 bits per heavy atom. The molecule has 0 saturated carbocycles. The van der Waals surface area contributed by atoms with Crippen molar-refractivity contribution in [3.05, 3.63) is 52.5 Å². The van der Waals surface area contributed by atoms with Crippen molar-refractivity contribution in [2.24, 2.45) is 0 Å². The molecule has 1 heterocycles. The quantitative estimate of drug-likeness (QED) is 0.561. The molecule has 0 saturated heterocycles. The Morgan fingerprint density at radius 1 is 1.27 bits per heavy atom. The third-order valence-electron chi connectivity index (χ3n) is 3.58.